The molecule has 0 fully saturated rings. The minimum atomic E-state index is -0.467. The summed E-state index contributed by atoms with van der Waals surface area (Å²) in [6.07, 6.45) is 1.59. The van der Waals surface area contributed by atoms with Crippen molar-refractivity contribution >= 4 is 23.7 Å². The maximum absolute atomic E-state index is 11.4. The van der Waals surface area contributed by atoms with E-state index >= 15 is 0 Å². The maximum Gasteiger partial charge on any atom is 0.321 e. The fourth-order valence-electron chi connectivity index (χ4n) is 1.17. The molecule has 0 saturated carbocycles. The Hall–Kier alpha value is -1.43. The number of rotatable bonds is 4. The van der Waals surface area contributed by atoms with E-state index in [4.69, 9.17) is 4.42 Å². The number of carbonyl (C=O) groups excluding carboxylic acids is 2. The molecule has 0 unspecified atom stereocenters. The second-order valence-corrected chi connectivity index (χ2v) is 5.81. The molecule has 0 spiro atoms. The Morgan fingerprint density at radius 2 is 2.11 bits per heavy atom. The van der Waals surface area contributed by atoms with Gasteiger partial charge in [0.25, 0.3) is 0 Å². The summed E-state index contributed by atoms with van der Waals surface area (Å²) in [6.45, 7) is 5.55. The van der Waals surface area contributed by atoms with Gasteiger partial charge in [-0.15, -0.1) is 11.8 Å². The molecule has 0 saturated heterocycles. The van der Waals surface area contributed by atoms with E-state index in [1.54, 1.807) is 12.3 Å². The van der Waals surface area contributed by atoms with Crippen molar-refractivity contribution in [2.75, 3.05) is 5.75 Å². The van der Waals surface area contributed by atoms with Gasteiger partial charge in [0.1, 0.15) is 5.76 Å². The summed E-state index contributed by atoms with van der Waals surface area (Å²) in [6, 6.07) is 3.18. The van der Waals surface area contributed by atoms with E-state index in [1.165, 1.54) is 11.8 Å². The maximum atomic E-state index is 11.4. The quantitative estimate of drug-likeness (QED) is 0.879. The summed E-state index contributed by atoms with van der Waals surface area (Å²) < 4.78 is 5.13. The van der Waals surface area contributed by atoms with E-state index in [0.29, 0.717) is 5.75 Å². The van der Waals surface area contributed by atoms with Crippen molar-refractivity contribution in [3.8, 4) is 0 Å². The molecule has 0 bridgehead atoms. The average molecular weight is 270 g/mol. The topological polar surface area (TPSA) is 71.3 Å². The number of carbonyl (C=O) groups is 2. The molecule has 1 heterocycles. The highest BCUT2D eigenvalue weighted by Crippen LogP contribution is 2.11. The molecule has 5 nitrogen and oxygen atoms in total. The molecule has 3 amide bonds. The number of urea groups is 1. The fraction of sp³-hybridized carbons (Fsp3) is 0.500. The van der Waals surface area contributed by atoms with Crippen LogP contribution in [0.5, 0.6) is 0 Å². The number of thioether (sulfide) groups is 1. The van der Waals surface area contributed by atoms with Crippen molar-refractivity contribution in [1.29, 1.82) is 0 Å². The summed E-state index contributed by atoms with van der Waals surface area (Å²) in [5.41, 5.74) is -0.355. The predicted octanol–water partition coefficient (Wildman–Crippen LogP) is 2.14. The Morgan fingerprint density at radius 1 is 1.39 bits per heavy atom. The van der Waals surface area contributed by atoms with E-state index in [9.17, 15) is 9.59 Å². The van der Waals surface area contributed by atoms with Gasteiger partial charge in [-0.2, -0.15) is 0 Å². The smallest absolute Gasteiger partial charge is 0.321 e. The van der Waals surface area contributed by atoms with Crippen LogP contribution in [-0.2, 0) is 10.5 Å². The first-order chi connectivity index (χ1) is 8.37. The van der Waals surface area contributed by atoms with Gasteiger partial charge < -0.3 is 9.73 Å². The lowest BCUT2D eigenvalue weighted by Gasteiger charge is -2.20. The number of amides is 3. The largest absolute Gasteiger partial charge is 0.468 e. The average Bonchev–Trinajstić information content (AvgIpc) is 2.66. The van der Waals surface area contributed by atoms with E-state index in [1.807, 2.05) is 26.8 Å². The molecule has 0 radical (unpaired) electrons. The zero-order valence-corrected chi connectivity index (χ0v) is 11.6. The highest BCUT2D eigenvalue weighted by atomic mass is 32.2. The molecule has 1 aromatic rings. The third-order valence-corrected chi connectivity index (χ3v) is 2.75. The van der Waals surface area contributed by atoms with Crippen LogP contribution < -0.4 is 10.6 Å². The first-order valence-electron chi connectivity index (χ1n) is 5.59. The van der Waals surface area contributed by atoms with Gasteiger partial charge in [-0.3, -0.25) is 10.1 Å². The molecular formula is C12H18N2O3S. The number of furan rings is 1. The molecule has 100 valence electrons. The molecule has 1 aromatic heterocycles. The zero-order chi connectivity index (χ0) is 13.6. The Morgan fingerprint density at radius 3 is 2.67 bits per heavy atom. The van der Waals surface area contributed by atoms with E-state index in [2.05, 4.69) is 10.6 Å². The lowest BCUT2D eigenvalue weighted by Crippen LogP contribution is -2.48. The van der Waals surface area contributed by atoms with Crippen LogP contribution in [0.3, 0.4) is 0 Å². The van der Waals surface area contributed by atoms with Gasteiger partial charge in [0.2, 0.25) is 5.91 Å². The molecular weight excluding hydrogens is 252 g/mol. The minimum Gasteiger partial charge on any atom is -0.468 e. The Balaban J connectivity index is 2.19. The summed E-state index contributed by atoms with van der Waals surface area (Å²) in [7, 11) is 0. The zero-order valence-electron chi connectivity index (χ0n) is 10.8. The van der Waals surface area contributed by atoms with Crippen molar-refractivity contribution < 1.29 is 14.0 Å². The molecule has 1 rings (SSSR count). The summed E-state index contributed by atoms with van der Waals surface area (Å²) in [5, 5.41) is 4.93. The standard InChI is InChI=1S/C12H18N2O3S/c1-12(2,3)14-11(16)13-10(15)8-18-7-9-5-4-6-17-9/h4-6H,7-8H2,1-3H3,(H2,13,14,15,16). The van der Waals surface area contributed by atoms with Crippen molar-refractivity contribution in [2.45, 2.75) is 32.1 Å². The molecule has 0 aliphatic carbocycles. The first-order valence-corrected chi connectivity index (χ1v) is 6.74. The second-order valence-electron chi connectivity index (χ2n) is 4.82. The van der Waals surface area contributed by atoms with E-state index < -0.39 is 6.03 Å². The van der Waals surface area contributed by atoms with Gasteiger partial charge in [0.05, 0.1) is 17.8 Å². The van der Waals surface area contributed by atoms with Gasteiger partial charge >= 0.3 is 6.03 Å². The fourth-order valence-corrected chi connectivity index (χ4v) is 1.90. The Labute approximate surface area is 111 Å². The van der Waals surface area contributed by atoms with Crippen molar-refractivity contribution in [3.05, 3.63) is 24.2 Å². The van der Waals surface area contributed by atoms with Crippen LogP contribution in [0.1, 0.15) is 26.5 Å². The lowest BCUT2D eigenvalue weighted by molar-refractivity contribution is -0.117. The first kappa shape index (κ1) is 14.6. The van der Waals surface area contributed by atoms with Crippen LogP contribution in [-0.4, -0.2) is 23.2 Å². The highest BCUT2D eigenvalue weighted by Gasteiger charge is 2.15. The van der Waals surface area contributed by atoms with Gasteiger partial charge in [-0.05, 0) is 32.9 Å². The molecule has 0 aliphatic rings. The highest BCUT2D eigenvalue weighted by molar-refractivity contribution is 7.99. The minimum absolute atomic E-state index is 0.220. The van der Waals surface area contributed by atoms with Gasteiger partial charge in [0.15, 0.2) is 0 Å². The molecule has 2 N–H and O–H groups in total. The molecule has 0 atom stereocenters. The summed E-state index contributed by atoms with van der Waals surface area (Å²) in [4.78, 5) is 22.8. The summed E-state index contributed by atoms with van der Waals surface area (Å²) >= 11 is 1.39. The van der Waals surface area contributed by atoms with Crippen LogP contribution >= 0.6 is 11.8 Å². The van der Waals surface area contributed by atoms with Crippen LogP contribution in [0.4, 0.5) is 4.79 Å². The molecule has 0 aromatic carbocycles. The van der Waals surface area contributed by atoms with Crippen LogP contribution in [0.2, 0.25) is 0 Å². The lowest BCUT2D eigenvalue weighted by atomic mass is 10.1. The number of hydrogen-bond acceptors (Lipinski definition) is 4. The monoisotopic (exact) mass is 270 g/mol. The number of imide groups is 1. The van der Waals surface area contributed by atoms with Crippen molar-refractivity contribution in [2.24, 2.45) is 0 Å². The van der Waals surface area contributed by atoms with E-state index in [-0.39, 0.29) is 17.2 Å². The van der Waals surface area contributed by atoms with Gasteiger partial charge in [-0.1, -0.05) is 0 Å². The SMILES string of the molecule is CC(C)(C)NC(=O)NC(=O)CSCc1ccco1. The Bertz CT molecular complexity index is 396. The summed E-state index contributed by atoms with van der Waals surface area (Å²) in [5.74, 6) is 1.33. The van der Waals surface area contributed by atoms with Crippen LogP contribution in [0.25, 0.3) is 0 Å². The van der Waals surface area contributed by atoms with E-state index in [0.717, 1.165) is 5.76 Å². The van der Waals surface area contributed by atoms with Crippen molar-refractivity contribution in [1.82, 2.24) is 10.6 Å². The normalized spacial score (nSPS) is 11.1. The van der Waals surface area contributed by atoms with Crippen molar-refractivity contribution in [3.63, 3.8) is 0 Å². The second kappa shape index (κ2) is 6.49. The Kier molecular flexibility index (Phi) is 5.27. The predicted molar refractivity (Wildman–Crippen MR) is 71.3 cm³/mol. The molecule has 6 heteroatoms. The third kappa shape index (κ3) is 6.34. The molecule has 0 aliphatic heterocycles. The molecule has 18 heavy (non-hydrogen) atoms. The van der Waals surface area contributed by atoms with Gasteiger partial charge in [0, 0.05) is 5.54 Å². The van der Waals surface area contributed by atoms with Crippen LogP contribution in [0, 0.1) is 0 Å². The van der Waals surface area contributed by atoms with Crippen LogP contribution in [0.15, 0.2) is 22.8 Å². The third-order valence-electron chi connectivity index (χ3n) is 1.80. The number of hydrogen-bond donors (Lipinski definition) is 2. The number of nitrogens with one attached hydrogen (secondary N) is 2. The van der Waals surface area contributed by atoms with Gasteiger partial charge in [-0.25, -0.2) is 4.79 Å².